The van der Waals surface area contributed by atoms with Crippen LogP contribution in [0.3, 0.4) is 0 Å². The summed E-state index contributed by atoms with van der Waals surface area (Å²) in [6.07, 6.45) is 0.860. The average molecular weight is 275 g/mol. The molecule has 0 spiro atoms. The smallest absolute Gasteiger partial charge is 0.311 e. The van der Waals surface area contributed by atoms with E-state index in [1.807, 2.05) is 6.92 Å². The lowest BCUT2D eigenvalue weighted by Crippen LogP contribution is -2.45. The molecule has 0 radical (unpaired) electrons. The Hall–Kier alpha value is -0.950. The molecule has 2 N–H and O–H groups in total. The van der Waals surface area contributed by atoms with Crippen molar-refractivity contribution >= 4 is 22.6 Å². The number of amides is 2. The summed E-state index contributed by atoms with van der Waals surface area (Å²) in [6, 6.07) is 0. The van der Waals surface area contributed by atoms with E-state index in [-0.39, 0.29) is 6.54 Å². The highest BCUT2D eigenvalue weighted by Crippen LogP contribution is 1.96. The zero-order valence-corrected chi connectivity index (χ0v) is 11.6. The first kappa shape index (κ1) is 15.1. The van der Waals surface area contributed by atoms with Gasteiger partial charge in [-0.1, -0.05) is 6.92 Å². The first-order valence-electron chi connectivity index (χ1n) is 6.28. The van der Waals surface area contributed by atoms with Gasteiger partial charge in [0.2, 0.25) is 0 Å². The monoisotopic (exact) mass is 275 g/mol. The van der Waals surface area contributed by atoms with Crippen LogP contribution in [0.2, 0.25) is 0 Å². The molecule has 0 aromatic rings. The second-order valence-electron chi connectivity index (χ2n) is 4.08. The van der Waals surface area contributed by atoms with Gasteiger partial charge in [-0.05, 0) is 13.0 Å². The van der Waals surface area contributed by atoms with Crippen molar-refractivity contribution in [2.75, 3.05) is 44.2 Å². The highest BCUT2D eigenvalue weighted by molar-refractivity contribution is 7.84. The van der Waals surface area contributed by atoms with Gasteiger partial charge in [0.15, 0.2) is 0 Å². The first-order valence-corrected chi connectivity index (χ1v) is 7.76. The molecule has 104 valence electrons. The lowest BCUT2D eigenvalue weighted by Gasteiger charge is -2.18. The number of hydrogen-bond donors (Lipinski definition) is 2. The molecule has 1 atom stereocenters. The van der Waals surface area contributed by atoms with Crippen molar-refractivity contribution in [3.63, 3.8) is 0 Å². The van der Waals surface area contributed by atoms with Gasteiger partial charge in [0.25, 0.3) is 0 Å². The van der Waals surface area contributed by atoms with Gasteiger partial charge >= 0.3 is 11.8 Å². The summed E-state index contributed by atoms with van der Waals surface area (Å²) in [5.74, 6) is -0.107. The fourth-order valence-electron chi connectivity index (χ4n) is 1.69. The molecule has 1 aliphatic rings. The molecule has 1 heterocycles. The first-order chi connectivity index (χ1) is 8.65. The van der Waals surface area contributed by atoms with E-state index in [4.69, 9.17) is 0 Å². The Kier molecular flexibility index (Phi) is 6.89. The minimum absolute atomic E-state index is 0.289. The number of carbonyl (C=O) groups is 2. The Bertz CT molecular complexity index is 315. The van der Waals surface area contributed by atoms with E-state index in [0.29, 0.717) is 24.6 Å². The van der Waals surface area contributed by atoms with Crippen LogP contribution >= 0.6 is 0 Å². The molecule has 0 saturated carbocycles. The zero-order valence-electron chi connectivity index (χ0n) is 10.7. The number of nitrogens with one attached hydrogen (secondary N) is 2. The summed E-state index contributed by atoms with van der Waals surface area (Å²) < 4.78 is 11.2. The summed E-state index contributed by atoms with van der Waals surface area (Å²) in [4.78, 5) is 25.0. The van der Waals surface area contributed by atoms with Crippen LogP contribution < -0.4 is 10.6 Å². The third kappa shape index (κ3) is 5.14. The van der Waals surface area contributed by atoms with Crippen molar-refractivity contribution < 1.29 is 13.8 Å². The zero-order chi connectivity index (χ0) is 13.4. The molecule has 0 aromatic carbocycles. The van der Waals surface area contributed by atoms with Crippen LogP contribution in [0.1, 0.15) is 13.3 Å². The standard InChI is InChI=1S/C11H21N3O3S/c1-2-18(17)9-6-13-10(15)11(16)14-7-3-4-12-5-8-14/h12H,2-9H2,1H3,(H,13,15). The molecule has 1 aliphatic heterocycles. The van der Waals surface area contributed by atoms with Crippen LogP contribution in [0.4, 0.5) is 0 Å². The SMILES string of the molecule is CCS(=O)CCNC(=O)C(=O)N1CCCNCC1. The van der Waals surface area contributed by atoms with Crippen molar-refractivity contribution in [1.82, 2.24) is 15.5 Å². The quantitative estimate of drug-likeness (QED) is 0.625. The van der Waals surface area contributed by atoms with E-state index < -0.39 is 22.6 Å². The maximum Gasteiger partial charge on any atom is 0.311 e. The van der Waals surface area contributed by atoms with Gasteiger partial charge in [-0.3, -0.25) is 13.8 Å². The lowest BCUT2D eigenvalue weighted by molar-refractivity contribution is -0.145. The maximum atomic E-state index is 11.8. The summed E-state index contributed by atoms with van der Waals surface area (Å²) in [5, 5.41) is 5.69. The van der Waals surface area contributed by atoms with Crippen molar-refractivity contribution in [1.29, 1.82) is 0 Å². The van der Waals surface area contributed by atoms with Crippen molar-refractivity contribution in [3.8, 4) is 0 Å². The second kappa shape index (κ2) is 8.20. The molecule has 7 heteroatoms. The van der Waals surface area contributed by atoms with Crippen molar-refractivity contribution in [2.45, 2.75) is 13.3 Å². The fraction of sp³-hybridized carbons (Fsp3) is 0.818. The van der Waals surface area contributed by atoms with Crippen LogP contribution in [0.15, 0.2) is 0 Å². The Morgan fingerprint density at radius 2 is 2.11 bits per heavy atom. The van der Waals surface area contributed by atoms with Crippen LogP contribution in [-0.4, -0.2) is 65.2 Å². The molecule has 1 unspecified atom stereocenters. The number of rotatable bonds is 4. The second-order valence-corrected chi connectivity index (χ2v) is 5.95. The van der Waals surface area contributed by atoms with E-state index in [2.05, 4.69) is 10.6 Å². The van der Waals surface area contributed by atoms with E-state index >= 15 is 0 Å². The number of hydrogen-bond acceptors (Lipinski definition) is 4. The van der Waals surface area contributed by atoms with Gasteiger partial charge in [0.1, 0.15) is 0 Å². The highest BCUT2D eigenvalue weighted by atomic mass is 32.2. The van der Waals surface area contributed by atoms with Crippen LogP contribution in [-0.2, 0) is 20.4 Å². The van der Waals surface area contributed by atoms with Gasteiger partial charge in [0.05, 0.1) is 0 Å². The van der Waals surface area contributed by atoms with E-state index in [1.165, 1.54) is 0 Å². The Morgan fingerprint density at radius 1 is 1.33 bits per heavy atom. The predicted molar refractivity (Wildman–Crippen MR) is 70.6 cm³/mol. The molecule has 0 aromatic heterocycles. The largest absolute Gasteiger partial charge is 0.347 e. The summed E-state index contributed by atoms with van der Waals surface area (Å²) in [7, 11) is -0.914. The Morgan fingerprint density at radius 3 is 2.83 bits per heavy atom. The van der Waals surface area contributed by atoms with Gasteiger partial charge < -0.3 is 15.5 Å². The number of nitrogens with zero attached hydrogens (tertiary/aromatic N) is 1. The summed E-state index contributed by atoms with van der Waals surface area (Å²) in [5.41, 5.74) is 0. The summed E-state index contributed by atoms with van der Waals surface area (Å²) in [6.45, 7) is 4.89. The number of carbonyl (C=O) groups excluding carboxylic acids is 2. The summed E-state index contributed by atoms with van der Waals surface area (Å²) >= 11 is 0. The topological polar surface area (TPSA) is 78.5 Å². The fourth-order valence-corrected chi connectivity index (χ4v) is 2.31. The molecule has 0 aliphatic carbocycles. The van der Waals surface area contributed by atoms with Gasteiger partial charge in [-0.25, -0.2) is 0 Å². The van der Waals surface area contributed by atoms with Crippen molar-refractivity contribution in [2.24, 2.45) is 0 Å². The van der Waals surface area contributed by atoms with E-state index in [9.17, 15) is 13.8 Å². The molecule has 6 nitrogen and oxygen atoms in total. The Balaban J connectivity index is 2.31. The average Bonchev–Trinajstić information content (AvgIpc) is 2.66. The Labute approximate surface area is 110 Å². The normalized spacial score (nSPS) is 17.9. The molecule has 2 amide bonds. The van der Waals surface area contributed by atoms with Gasteiger partial charge in [-0.2, -0.15) is 0 Å². The van der Waals surface area contributed by atoms with E-state index in [1.54, 1.807) is 4.90 Å². The molecular weight excluding hydrogens is 254 g/mol. The maximum absolute atomic E-state index is 11.8. The van der Waals surface area contributed by atoms with Gasteiger partial charge in [-0.15, -0.1) is 0 Å². The van der Waals surface area contributed by atoms with Crippen LogP contribution in [0.5, 0.6) is 0 Å². The molecule has 1 saturated heterocycles. The minimum Gasteiger partial charge on any atom is -0.347 e. The third-order valence-corrected chi connectivity index (χ3v) is 4.06. The molecule has 18 heavy (non-hydrogen) atoms. The lowest BCUT2D eigenvalue weighted by atomic mass is 10.3. The van der Waals surface area contributed by atoms with Crippen molar-refractivity contribution in [3.05, 3.63) is 0 Å². The molecular formula is C11H21N3O3S. The molecule has 1 fully saturated rings. The van der Waals surface area contributed by atoms with Crippen LogP contribution in [0, 0.1) is 0 Å². The molecule has 0 bridgehead atoms. The van der Waals surface area contributed by atoms with Crippen LogP contribution in [0.25, 0.3) is 0 Å². The van der Waals surface area contributed by atoms with E-state index in [0.717, 1.165) is 19.5 Å². The third-order valence-electron chi connectivity index (χ3n) is 2.76. The minimum atomic E-state index is -0.914. The predicted octanol–water partition coefficient (Wildman–Crippen LogP) is -1.31. The molecule has 1 rings (SSSR count). The van der Waals surface area contributed by atoms with Gasteiger partial charge in [0, 0.05) is 48.5 Å². The highest BCUT2D eigenvalue weighted by Gasteiger charge is 2.21.